The monoisotopic (exact) mass is 265 g/mol. The molecule has 0 radical (unpaired) electrons. The van der Waals surface area contributed by atoms with E-state index in [0.717, 1.165) is 22.3 Å². The van der Waals surface area contributed by atoms with Crippen LogP contribution in [-0.4, -0.2) is 24.4 Å². The third-order valence-corrected chi connectivity index (χ3v) is 2.93. The predicted octanol–water partition coefficient (Wildman–Crippen LogP) is 1.26. The van der Waals surface area contributed by atoms with Gasteiger partial charge in [0.15, 0.2) is 10.9 Å². The van der Waals surface area contributed by atoms with Gasteiger partial charge in [0.1, 0.15) is 11.5 Å². The Morgan fingerprint density at radius 3 is 3.06 bits per heavy atom. The number of anilines is 1. The van der Waals surface area contributed by atoms with Gasteiger partial charge in [0, 0.05) is 11.9 Å². The summed E-state index contributed by atoms with van der Waals surface area (Å²) < 4.78 is 5.52. The molecule has 0 aromatic carbocycles. The molecular formula is C11H15N5OS. The molecule has 0 fully saturated rings. The number of aliphatic imine (C=N–C) groups is 1. The van der Waals surface area contributed by atoms with Crippen LogP contribution in [0.1, 0.15) is 5.76 Å². The summed E-state index contributed by atoms with van der Waals surface area (Å²) in [5.41, 5.74) is 11.6. The van der Waals surface area contributed by atoms with Crippen molar-refractivity contribution in [1.29, 1.82) is 0 Å². The van der Waals surface area contributed by atoms with Crippen LogP contribution < -0.4 is 16.8 Å². The van der Waals surface area contributed by atoms with Crippen LogP contribution >= 0.6 is 11.3 Å². The Bertz CT molecular complexity index is 519. The lowest BCUT2D eigenvalue weighted by molar-refractivity contribution is 0.524. The molecule has 0 aliphatic heterocycles. The van der Waals surface area contributed by atoms with Crippen molar-refractivity contribution in [2.24, 2.45) is 16.5 Å². The molecule has 0 atom stereocenters. The van der Waals surface area contributed by atoms with Crippen LogP contribution in [0.4, 0.5) is 5.13 Å². The van der Waals surface area contributed by atoms with Crippen LogP contribution in [0, 0.1) is 0 Å². The standard InChI is InChI=1S/C11H15N5OS/c12-3-4-14-7-15-11-16-9(6-18-11)10-2-1-8(5-13)17-10/h1-2,6-7H,3-5,12-13H2,(H,14,15,16). The van der Waals surface area contributed by atoms with E-state index in [2.05, 4.69) is 15.3 Å². The third-order valence-electron chi connectivity index (χ3n) is 2.16. The zero-order chi connectivity index (χ0) is 12.8. The number of nitrogens with zero attached hydrogens (tertiary/aromatic N) is 2. The molecule has 0 saturated heterocycles. The first-order valence-corrected chi connectivity index (χ1v) is 6.41. The molecule has 5 N–H and O–H groups in total. The fourth-order valence-electron chi connectivity index (χ4n) is 1.32. The zero-order valence-corrected chi connectivity index (χ0v) is 10.6. The number of aromatic nitrogens is 1. The van der Waals surface area contributed by atoms with Crippen LogP contribution in [0.5, 0.6) is 0 Å². The molecule has 0 bridgehead atoms. The van der Waals surface area contributed by atoms with E-state index in [1.54, 1.807) is 6.34 Å². The van der Waals surface area contributed by atoms with E-state index in [4.69, 9.17) is 15.9 Å². The van der Waals surface area contributed by atoms with Gasteiger partial charge >= 0.3 is 0 Å². The smallest absolute Gasteiger partial charge is 0.188 e. The first-order chi connectivity index (χ1) is 8.83. The van der Waals surface area contributed by atoms with Crippen LogP contribution in [0.2, 0.25) is 0 Å². The Balaban J connectivity index is 2.01. The lowest BCUT2D eigenvalue weighted by Crippen LogP contribution is -2.04. The molecule has 96 valence electrons. The number of hydrogen-bond donors (Lipinski definition) is 3. The van der Waals surface area contributed by atoms with Gasteiger partial charge in [-0.3, -0.25) is 4.99 Å². The Hall–Kier alpha value is -1.70. The summed E-state index contributed by atoms with van der Waals surface area (Å²) in [6.07, 6.45) is 1.60. The molecular weight excluding hydrogens is 250 g/mol. The fraction of sp³-hybridized carbons (Fsp3) is 0.273. The average molecular weight is 265 g/mol. The van der Waals surface area contributed by atoms with Crippen molar-refractivity contribution in [3.8, 4) is 11.5 Å². The second-order valence-corrected chi connectivity index (χ2v) is 4.33. The highest BCUT2D eigenvalue weighted by molar-refractivity contribution is 7.14. The zero-order valence-electron chi connectivity index (χ0n) is 9.80. The molecule has 0 aliphatic carbocycles. The number of nitrogens with two attached hydrogens (primary N) is 2. The van der Waals surface area contributed by atoms with Crippen LogP contribution in [-0.2, 0) is 6.54 Å². The van der Waals surface area contributed by atoms with Crippen molar-refractivity contribution in [2.45, 2.75) is 6.54 Å². The summed E-state index contributed by atoms with van der Waals surface area (Å²) in [6, 6.07) is 3.72. The average Bonchev–Trinajstić information content (AvgIpc) is 3.03. The summed E-state index contributed by atoms with van der Waals surface area (Å²) in [5, 5.41) is 5.66. The van der Waals surface area contributed by atoms with E-state index in [0.29, 0.717) is 19.6 Å². The molecule has 0 unspecified atom stereocenters. The maximum Gasteiger partial charge on any atom is 0.188 e. The number of furan rings is 1. The van der Waals surface area contributed by atoms with E-state index in [9.17, 15) is 0 Å². The lowest BCUT2D eigenvalue weighted by atomic mass is 10.3. The van der Waals surface area contributed by atoms with Crippen LogP contribution in [0.25, 0.3) is 11.5 Å². The molecule has 0 amide bonds. The van der Waals surface area contributed by atoms with Crippen molar-refractivity contribution in [3.05, 3.63) is 23.3 Å². The maximum atomic E-state index is 5.52. The quantitative estimate of drug-likeness (QED) is 0.539. The summed E-state index contributed by atoms with van der Waals surface area (Å²) in [7, 11) is 0. The first-order valence-electron chi connectivity index (χ1n) is 5.53. The van der Waals surface area contributed by atoms with Gasteiger partial charge in [0.05, 0.1) is 19.4 Å². The number of thiazole rings is 1. The predicted molar refractivity (Wildman–Crippen MR) is 73.7 cm³/mol. The highest BCUT2D eigenvalue weighted by atomic mass is 32.1. The van der Waals surface area contributed by atoms with Crippen molar-refractivity contribution in [2.75, 3.05) is 18.4 Å². The molecule has 0 aliphatic rings. The van der Waals surface area contributed by atoms with Gasteiger partial charge in [0.25, 0.3) is 0 Å². The van der Waals surface area contributed by atoms with Gasteiger partial charge in [-0.2, -0.15) is 0 Å². The SMILES string of the molecule is NCCN=CNc1nc(-c2ccc(CN)o2)cs1. The maximum absolute atomic E-state index is 5.52. The number of rotatable bonds is 6. The Labute approximate surface area is 109 Å². The normalized spacial score (nSPS) is 11.2. The van der Waals surface area contributed by atoms with Crippen molar-refractivity contribution in [1.82, 2.24) is 4.98 Å². The minimum Gasteiger partial charge on any atom is -0.458 e. The van der Waals surface area contributed by atoms with Crippen molar-refractivity contribution >= 4 is 22.8 Å². The summed E-state index contributed by atoms with van der Waals surface area (Å²) in [6.45, 7) is 1.53. The topological polar surface area (TPSA) is 102 Å². The minimum atomic E-state index is 0.390. The molecule has 0 spiro atoms. The van der Waals surface area contributed by atoms with E-state index in [-0.39, 0.29) is 0 Å². The van der Waals surface area contributed by atoms with E-state index in [1.165, 1.54) is 11.3 Å². The van der Waals surface area contributed by atoms with Crippen molar-refractivity contribution in [3.63, 3.8) is 0 Å². The van der Waals surface area contributed by atoms with E-state index >= 15 is 0 Å². The highest BCUT2D eigenvalue weighted by Crippen LogP contribution is 2.26. The summed E-state index contributed by atoms with van der Waals surface area (Å²) in [5.74, 6) is 1.47. The highest BCUT2D eigenvalue weighted by Gasteiger charge is 2.07. The molecule has 2 heterocycles. The molecule has 0 saturated carbocycles. The third kappa shape index (κ3) is 3.16. The number of nitrogens with one attached hydrogen (secondary N) is 1. The molecule has 2 rings (SSSR count). The molecule has 18 heavy (non-hydrogen) atoms. The van der Waals surface area contributed by atoms with Crippen LogP contribution in [0.3, 0.4) is 0 Å². The number of hydrogen-bond acceptors (Lipinski definition) is 6. The van der Waals surface area contributed by atoms with Gasteiger partial charge in [-0.1, -0.05) is 0 Å². The molecule has 2 aromatic rings. The minimum absolute atomic E-state index is 0.390. The Morgan fingerprint density at radius 1 is 1.44 bits per heavy atom. The van der Waals surface area contributed by atoms with Crippen LogP contribution in [0.15, 0.2) is 26.9 Å². The van der Waals surface area contributed by atoms with Gasteiger partial charge < -0.3 is 21.2 Å². The first kappa shape index (κ1) is 12.7. The summed E-state index contributed by atoms with van der Waals surface area (Å²) in [4.78, 5) is 8.43. The lowest BCUT2D eigenvalue weighted by Gasteiger charge is -1.93. The van der Waals surface area contributed by atoms with Gasteiger partial charge in [-0.25, -0.2) is 4.98 Å². The summed E-state index contributed by atoms with van der Waals surface area (Å²) >= 11 is 1.48. The molecule has 2 aromatic heterocycles. The molecule has 7 heteroatoms. The van der Waals surface area contributed by atoms with Gasteiger partial charge in [0.2, 0.25) is 0 Å². The van der Waals surface area contributed by atoms with Gasteiger partial charge in [-0.15, -0.1) is 11.3 Å². The second-order valence-electron chi connectivity index (χ2n) is 3.48. The Kier molecular flexibility index (Phi) is 4.46. The second kappa shape index (κ2) is 6.29. The molecule has 6 nitrogen and oxygen atoms in total. The van der Waals surface area contributed by atoms with Gasteiger partial charge in [-0.05, 0) is 12.1 Å². The largest absolute Gasteiger partial charge is 0.458 e. The Morgan fingerprint density at radius 2 is 2.33 bits per heavy atom. The van der Waals surface area contributed by atoms with E-state index in [1.807, 2.05) is 17.5 Å². The van der Waals surface area contributed by atoms with E-state index < -0.39 is 0 Å². The fourth-order valence-corrected chi connectivity index (χ4v) is 1.98. The van der Waals surface area contributed by atoms with Crippen molar-refractivity contribution < 1.29 is 4.42 Å².